The van der Waals surface area contributed by atoms with Gasteiger partial charge in [0.25, 0.3) is 0 Å². The van der Waals surface area contributed by atoms with Crippen LogP contribution in [0.3, 0.4) is 0 Å². The molecule has 4 N–H and O–H groups in total. The highest BCUT2D eigenvalue weighted by molar-refractivity contribution is 7.89. The van der Waals surface area contributed by atoms with Crippen LogP contribution in [0.25, 0.3) is 0 Å². The van der Waals surface area contributed by atoms with Crippen molar-refractivity contribution >= 4 is 21.4 Å². The highest BCUT2D eigenvalue weighted by Gasteiger charge is 2.32. The van der Waals surface area contributed by atoms with Crippen LogP contribution in [0, 0.1) is 6.92 Å². The molecule has 0 amide bonds. The number of nitrogen functional groups attached to an aromatic ring is 1. The van der Waals surface area contributed by atoms with Gasteiger partial charge in [-0.25, -0.2) is 13.6 Å². The molecule has 118 valence electrons. The van der Waals surface area contributed by atoms with E-state index in [9.17, 15) is 8.42 Å². The molecule has 2 rings (SSSR count). The van der Waals surface area contributed by atoms with Crippen LogP contribution < -0.4 is 15.8 Å². The van der Waals surface area contributed by atoms with Gasteiger partial charge in [0.1, 0.15) is 0 Å². The van der Waals surface area contributed by atoms with Crippen LogP contribution in [-0.2, 0) is 14.8 Å². The van der Waals surface area contributed by atoms with Gasteiger partial charge in [-0.15, -0.1) is 0 Å². The molecule has 0 aliphatic carbocycles. The van der Waals surface area contributed by atoms with Gasteiger partial charge in [0.05, 0.1) is 10.5 Å². The summed E-state index contributed by atoms with van der Waals surface area (Å²) in [6.45, 7) is 5.35. The van der Waals surface area contributed by atoms with Gasteiger partial charge in [0, 0.05) is 31.6 Å². The molecular weight excluding hydrogens is 290 g/mol. The SMILES string of the molecule is COC1(C)CCCN(c2cc(N)cc(S(N)(=O)=O)c2C)C1. The molecular formula is C14H23N3O3S. The van der Waals surface area contributed by atoms with Crippen LogP contribution in [0.15, 0.2) is 17.0 Å². The first kappa shape index (κ1) is 16.1. The van der Waals surface area contributed by atoms with Gasteiger partial charge < -0.3 is 15.4 Å². The van der Waals surface area contributed by atoms with E-state index in [1.54, 1.807) is 20.1 Å². The second-order valence-electron chi connectivity index (χ2n) is 5.89. The zero-order valence-corrected chi connectivity index (χ0v) is 13.5. The van der Waals surface area contributed by atoms with Crippen molar-refractivity contribution in [3.8, 4) is 0 Å². The number of hydrogen-bond acceptors (Lipinski definition) is 5. The molecule has 0 radical (unpaired) electrons. The fourth-order valence-electron chi connectivity index (χ4n) is 2.90. The Bertz CT molecular complexity index is 645. The quantitative estimate of drug-likeness (QED) is 0.818. The molecule has 6 nitrogen and oxygen atoms in total. The topological polar surface area (TPSA) is 98.7 Å². The maximum atomic E-state index is 11.7. The van der Waals surface area contributed by atoms with E-state index in [1.807, 2.05) is 0 Å². The number of nitrogens with two attached hydrogens (primary N) is 2. The minimum absolute atomic E-state index is 0.0854. The molecule has 1 aliphatic heterocycles. The van der Waals surface area contributed by atoms with Gasteiger partial charge in [0.15, 0.2) is 0 Å². The van der Waals surface area contributed by atoms with Crippen molar-refractivity contribution in [3.63, 3.8) is 0 Å². The van der Waals surface area contributed by atoms with Gasteiger partial charge in [-0.1, -0.05) is 0 Å². The number of methoxy groups -OCH3 is 1. The zero-order chi connectivity index (χ0) is 15.8. The van der Waals surface area contributed by atoms with Crippen molar-refractivity contribution in [3.05, 3.63) is 17.7 Å². The minimum Gasteiger partial charge on any atom is -0.399 e. The Morgan fingerprint density at radius 3 is 2.62 bits per heavy atom. The number of sulfonamides is 1. The first-order chi connectivity index (χ1) is 9.66. The van der Waals surface area contributed by atoms with Crippen molar-refractivity contribution < 1.29 is 13.2 Å². The molecule has 1 aliphatic rings. The van der Waals surface area contributed by atoms with E-state index >= 15 is 0 Å². The summed E-state index contributed by atoms with van der Waals surface area (Å²) in [5.74, 6) is 0. The standard InChI is InChI=1S/C14H23N3O3S/c1-10-12(7-11(15)8-13(10)21(16,18)19)17-6-4-5-14(2,9-17)20-3/h7-8H,4-6,9,15H2,1-3H3,(H2,16,18,19). The molecule has 21 heavy (non-hydrogen) atoms. The summed E-state index contributed by atoms with van der Waals surface area (Å²) < 4.78 is 29.0. The third-order valence-corrected chi connectivity index (χ3v) is 5.19. The number of hydrogen-bond donors (Lipinski definition) is 2. The van der Waals surface area contributed by atoms with Crippen LogP contribution in [0.2, 0.25) is 0 Å². The van der Waals surface area contributed by atoms with E-state index in [0.717, 1.165) is 25.1 Å². The number of rotatable bonds is 3. The second-order valence-corrected chi connectivity index (χ2v) is 7.42. The Balaban J connectivity index is 2.47. The van der Waals surface area contributed by atoms with E-state index in [1.165, 1.54) is 6.07 Å². The van der Waals surface area contributed by atoms with Crippen LogP contribution in [-0.4, -0.2) is 34.2 Å². The molecule has 1 unspecified atom stereocenters. The molecule has 1 aromatic carbocycles. The summed E-state index contributed by atoms with van der Waals surface area (Å²) >= 11 is 0. The summed E-state index contributed by atoms with van der Waals surface area (Å²) in [6.07, 6.45) is 1.95. The lowest BCUT2D eigenvalue weighted by Gasteiger charge is -2.41. The lowest BCUT2D eigenvalue weighted by molar-refractivity contribution is -0.00467. The average molecular weight is 313 g/mol. The van der Waals surface area contributed by atoms with Gasteiger partial charge in [0.2, 0.25) is 10.0 Å². The van der Waals surface area contributed by atoms with Crippen molar-refractivity contribution in [1.82, 2.24) is 0 Å². The summed E-state index contributed by atoms with van der Waals surface area (Å²) in [6, 6.07) is 3.21. The van der Waals surface area contributed by atoms with Gasteiger partial charge in [-0.05, 0) is 44.4 Å². The fourth-order valence-corrected chi connectivity index (χ4v) is 3.73. The fraction of sp³-hybridized carbons (Fsp3) is 0.571. The van der Waals surface area contributed by atoms with Crippen LogP contribution in [0.5, 0.6) is 0 Å². The number of primary sulfonamides is 1. The normalized spacial score (nSPS) is 23.3. The zero-order valence-electron chi connectivity index (χ0n) is 12.7. The largest absolute Gasteiger partial charge is 0.399 e. The van der Waals surface area contributed by atoms with E-state index in [-0.39, 0.29) is 10.5 Å². The maximum Gasteiger partial charge on any atom is 0.238 e. The first-order valence-corrected chi connectivity index (χ1v) is 8.44. The molecule has 1 fully saturated rings. The lowest BCUT2D eigenvalue weighted by Crippen LogP contribution is -2.47. The molecule has 0 saturated carbocycles. The summed E-state index contributed by atoms with van der Waals surface area (Å²) in [4.78, 5) is 2.20. The highest BCUT2D eigenvalue weighted by atomic mass is 32.2. The lowest BCUT2D eigenvalue weighted by atomic mass is 9.94. The Labute approximate surface area is 126 Å². The average Bonchev–Trinajstić information content (AvgIpc) is 2.40. The predicted molar refractivity (Wildman–Crippen MR) is 83.8 cm³/mol. The Hall–Kier alpha value is -1.31. The maximum absolute atomic E-state index is 11.7. The minimum atomic E-state index is -3.79. The van der Waals surface area contributed by atoms with Crippen LogP contribution >= 0.6 is 0 Å². The number of nitrogens with zero attached hydrogens (tertiary/aromatic N) is 1. The van der Waals surface area contributed by atoms with Crippen molar-refractivity contribution in [2.24, 2.45) is 5.14 Å². The highest BCUT2D eigenvalue weighted by Crippen LogP contribution is 2.33. The number of benzene rings is 1. The van der Waals surface area contributed by atoms with E-state index in [4.69, 9.17) is 15.6 Å². The molecule has 1 aromatic rings. The first-order valence-electron chi connectivity index (χ1n) is 6.89. The molecule has 7 heteroatoms. The summed E-state index contributed by atoms with van der Waals surface area (Å²) in [5.41, 5.74) is 7.45. The van der Waals surface area contributed by atoms with E-state index in [2.05, 4.69) is 11.8 Å². The Kier molecular flexibility index (Phi) is 4.19. The summed E-state index contributed by atoms with van der Waals surface area (Å²) in [5, 5.41) is 5.28. The monoisotopic (exact) mass is 313 g/mol. The Morgan fingerprint density at radius 1 is 1.38 bits per heavy atom. The number of ether oxygens (including phenoxy) is 1. The molecule has 0 aromatic heterocycles. The predicted octanol–water partition coefficient (Wildman–Crippen LogP) is 1.23. The summed E-state index contributed by atoms with van der Waals surface area (Å²) in [7, 11) is -2.09. The molecule has 1 saturated heterocycles. The van der Waals surface area contributed by atoms with Crippen LogP contribution in [0.4, 0.5) is 11.4 Å². The number of piperidine rings is 1. The van der Waals surface area contributed by atoms with Crippen molar-refractivity contribution in [2.45, 2.75) is 37.2 Å². The van der Waals surface area contributed by atoms with Gasteiger partial charge in [-0.3, -0.25) is 0 Å². The smallest absolute Gasteiger partial charge is 0.238 e. The van der Waals surface area contributed by atoms with Crippen molar-refractivity contribution in [1.29, 1.82) is 0 Å². The molecule has 0 bridgehead atoms. The Morgan fingerprint density at radius 2 is 2.05 bits per heavy atom. The number of anilines is 2. The molecule has 1 atom stereocenters. The van der Waals surface area contributed by atoms with Gasteiger partial charge >= 0.3 is 0 Å². The molecule has 0 spiro atoms. The van der Waals surface area contributed by atoms with Gasteiger partial charge in [-0.2, -0.15) is 0 Å². The van der Waals surface area contributed by atoms with Crippen molar-refractivity contribution in [2.75, 3.05) is 30.8 Å². The third kappa shape index (κ3) is 3.30. The second kappa shape index (κ2) is 5.47. The third-order valence-electron chi connectivity index (χ3n) is 4.15. The van der Waals surface area contributed by atoms with Crippen LogP contribution in [0.1, 0.15) is 25.3 Å². The molecule has 1 heterocycles. The van der Waals surface area contributed by atoms with E-state index < -0.39 is 10.0 Å². The van der Waals surface area contributed by atoms with E-state index in [0.29, 0.717) is 17.8 Å².